The molecule has 1 aromatic carbocycles. The summed E-state index contributed by atoms with van der Waals surface area (Å²) in [6.07, 6.45) is 1.48. The molecule has 0 radical (unpaired) electrons. The van der Waals surface area contributed by atoms with E-state index in [0.717, 1.165) is 5.56 Å². The van der Waals surface area contributed by atoms with Gasteiger partial charge in [0.1, 0.15) is 5.82 Å². The number of nitrogens with one attached hydrogen (secondary N) is 1. The molecule has 1 amide bonds. The number of nitrogens with two attached hydrogens (primary N) is 1. The van der Waals surface area contributed by atoms with Crippen molar-refractivity contribution in [2.24, 2.45) is 0 Å². The van der Waals surface area contributed by atoms with Gasteiger partial charge >= 0.3 is 0 Å². The summed E-state index contributed by atoms with van der Waals surface area (Å²) >= 11 is 0. The predicted octanol–water partition coefficient (Wildman–Crippen LogP) is 2.67. The lowest BCUT2D eigenvalue weighted by Gasteiger charge is -2.08. The molecule has 0 aliphatic carbocycles. The summed E-state index contributed by atoms with van der Waals surface area (Å²) in [5.41, 5.74) is 8.10. The number of amides is 1. The molecule has 0 saturated carbocycles. The highest BCUT2D eigenvalue weighted by Gasteiger charge is 2.11. The number of hydrogen-bond acceptors (Lipinski definition) is 3. The molecule has 0 aliphatic heterocycles. The first-order valence-corrected chi connectivity index (χ1v) is 5.76. The van der Waals surface area contributed by atoms with Crippen molar-refractivity contribution in [2.75, 3.05) is 11.1 Å². The molecule has 4 nitrogen and oxygen atoms in total. The van der Waals surface area contributed by atoms with Crippen molar-refractivity contribution in [1.29, 1.82) is 0 Å². The Kier molecular flexibility index (Phi) is 3.46. The molecule has 2 rings (SSSR count). The van der Waals surface area contributed by atoms with Gasteiger partial charge in [0.15, 0.2) is 0 Å². The maximum absolute atomic E-state index is 13.2. The molecule has 0 fully saturated rings. The normalized spacial score (nSPS) is 10.3. The van der Waals surface area contributed by atoms with Crippen molar-refractivity contribution >= 4 is 17.3 Å². The molecule has 98 valence electrons. The minimum Gasteiger partial charge on any atom is -0.397 e. The van der Waals surface area contributed by atoms with Gasteiger partial charge in [-0.2, -0.15) is 0 Å². The predicted molar refractivity (Wildman–Crippen MR) is 72.5 cm³/mol. The SMILES string of the molecule is Cc1cc(F)cc(NC(=O)c2cc(N)cnc2C)c1. The van der Waals surface area contributed by atoms with Crippen LogP contribution in [0.3, 0.4) is 0 Å². The molecule has 19 heavy (non-hydrogen) atoms. The Labute approximate surface area is 110 Å². The Morgan fingerprint density at radius 3 is 2.68 bits per heavy atom. The summed E-state index contributed by atoms with van der Waals surface area (Å²) in [5.74, 6) is -0.750. The zero-order valence-corrected chi connectivity index (χ0v) is 10.7. The molecule has 0 saturated heterocycles. The molecule has 1 aromatic heterocycles. The number of nitrogens with zero attached hydrogens (tertiary/aromatic N) is 1. The Bertz CT molecular complexity index is 620. The van der Waals surface area contributed by atoms with E-state index in [-0.39, 0.29) is 5.91 Å². The summed E-state index contributed by atoms with van der Waals surface area (Å²) in [5, 5.41) is 2.63. The quantitative estimate of drug-likeness (QED) is 0.871. The van der Waals surface area contributed by atoms with E-state index in [1.807, 2.05) is 0 Å². The minimum atomic E-state index is -0.391. The van der Waals surface area contributed by atoms with Crippen molar-refractivity contribution in [3.8, 4) is 0 Å². The molecule has 0 bridgehead atoms. The second-order valence-corrected chi connectivity index (χ2v) is 4.37. The third kappa shape index (κ3) is 3.07. The zero-order valence-electron chi connectivity index (χ0n) is 10.7. The summed E-state index contributed by atoms with van der Waals surface area (Å²) in [6.45, 7) is 3.47. The average molecular weight is 259 g/mol. The first-order valence-electron chi connectivity index (χ1n) is 5.76. The van der Waals surface area contributed by atoms with E-state index in [0.29, 0.717) is 22.6 Å². The molecule has 2 aromatic rings. The van der Waals surface area contributed by atoms with Gasteiger partial charge in [-0.05, 0) is 43.7 Å². The summed E-state index contributed by atoms with van der Waals surface area (Å²) in [7, 11) is 0. The fourth-order valence-electron chi connectivity index (χ4n) is 1.79. The molecule has 0 spiro atoms. The van der Waals surface area contributed by atoms with Crippen molar-refractivity contribution in [3.63, 3.8) is 0 Å². The van der Waals surface area contributed by atoms with Gasteiger partial charge in [-0.15, -0.1) is 0 Å². The number of aromatic nitrogens is 1. The lowest BCUT2D eigenvalue weighted by atomic mass is 10.1. The third-order valence-electron chi connectivity index (χ3n) is 2.65. The molecule has 3 N–H and O–H groups in total. The van der Waals surface area contributed by atoms with Gasteiger partial charge in [-0.3, -0.25) is 9.78 Å². The van der Waals surface area contributed by atoms with Gasteiger partial charge in [0.2, 0.25) is 0 Å². The third-order valence-corrected chi connectivity index (χ3v) is 2.65. The van der Waals surface area contributed by atoms with Crippen LogP contribution in [0.4, 0.5) is 15.8 Å². The van der Waals surface area contributed by atoms with E-state index < -0.39 is 5.82 Å². The molecule has 0 unspecified atom stereocenters. The highest BCUT2D eigenvalue weighted by atomic mass is 19.1. The van der Waals surface area contributed by atoms with Crippen LogP contribution in [0.25, 0.3) is 0 Å². The van der Waals surface area contributed by atoms with Crippen LogP contribution < -0.4 is 11.1 Å². The highest BCUT2D eigenvalue weighted by Crippen LogP contribution is 2.16. The molecule has 5 heteroatoms. The van der Waals surface area contributed by atoms with Crippen LogP contribution in [0.2, 0.25) is 0 Å². The van der Waals surface area contributed by atoms with E-state index in [1.54, 1.807) is 26.0 Å². The maximum Gasteiger partial charge on any atom is 0.257 e. The zero-order chi connectivity index (χ0) is 14.0. The van der Waals surface area contributed by atoms with Gasteiger partial charge in [-0.1, -0.05) is 0 Å². The smallest absolute Gasteiger partial charge is 0.257 e. The van der Waals surface area contributed by atoms with Crippen LogP contribution in [-0.2, 0) is 0 Å². The standard InChI is InChI=1S/C14H14FN3O/c1-8-3-10(15)5-12(4-8)18-14(19)13-6-11(16)7-17-9(13)2/h3-7H,16H2,1-2H3,(H,18,19). The second kappa shape index (κ2) is 5.06. The van der Waals surface area contributed by atoms with Crippen molar-refractivity contribution < 1.29 is 9.18 Å². The number of benzene rings is 1. The molecule has 0 aliphatic rings. The summed E-state index contributed by atoms with van der Waals surface area (Å²) in [6, 6.07) is 5.89. The summed E-state index contributed by atoms with van der Waals surface area (Å²) in [4.78, 5) is 16.1. The molecular weight excluding hydrogens is 245 g/mol. The van der Waals surface area contributed by atoms with Crippen LogP contribution in [0.15, 0.2) is 30.5 Å². The van der Waals surface area contributed by atoms with Gasteiger partial charge in [-0.25, -0.2) is 4.39 Å². The van der Waals surface area contributed by atoms with Crippen LogP contribution in [0, 0.1) is 19.7 Å². The van der Waals surface area contributed by atoms with Crippen LogP contribution >= 0.6 is 0 Å². The Morgan fingerprint density at radius 1 is 1.26 bits per heavy atom. The van der Waals surface area contributed by atoms with Crippen LogP contribution in [0.1, 0.15) is 21.6 Å². The number of nitrogen functional groups attached to an aromatic ring is 1. The Hall–Kier alpha value is -2.43. The highest BCUT2D eigenvalue weighted by molar-refractivity contribution is 6.05. The van der Waals surface area contributed by atoms with Crippen LogP contribution in [-0.4, -0.2) is 10.9 Å². The topological polar surface area (TPSA) is 68.0 Å². The number of pyridine rings is 1. The average Bonchev–Trinajstić information content (AvgIpc) is 2.30. The van der Waals surface area contributed by atoms with E-state index in [9.17, 15) is 9.18 Å². The lowest BCUT2D eigenvalue weighted by Crippen LogP contribution is -2.14. The molecule has 0 atom stereocenters. The number of anilines is 2. The monoisotopic (exact) mass is 259 g/mol. The number of aryl methyl sites for hydroxylation is 2. The lowest BCUT2D eigenvalue weighted by molar-refractivity contribution is 0.102. The van der Waals surface area contributed by atoms with Gasteiger partial charge < -0.3 is 11.1 Å². The second-order valence-electron chi connectivity index (χ2n) is 4.37. The fourth-order valence-corrected chi connectivity index (χ4v) is 1.79. The van der Waals surface area contributed by atoms with Gasteiger partial charge in [0.05, 0.1) is 23.1 Å². The van der Waals surface area contributed by atoms with Gasteiger partial charge in [0, 0.05) is 5.69 Å². The van der Waals surface area contributed by atoms with Crippen molar-refractivity contribution in [3.05, 3.63) is 53.1 Å². The Morgan fingerprint density at radius 2 is 2.00 bits per heavy atom. The van der Waals surface area contributed by atoms with E-state index >= 15 is 0 Å². The Balaban J connectivity index is 2.28. The first kappa shape index (κ1) is 13.0. The van der Waals surface area contributed by atoms with E-state index in [4.69, 9.17) is 5.73 Å². The van der Waals surface area contributed by atoms with E-state index in [1.165, 1.54) is 18.3 Å². The largest absolute Gasteiger partial charge is 0.397 e. The van der Waals surface area contributed by atoms with Crippen molar-refractivity contribution in [2.45, 2.75) is 13.8 Å². The van der Waals surface area contributed by atoms with Crippen LogP contribution in [0.5, 0.6) is 0 Å². The fraction of sp³-hybridized carbons (Fsp3) is 0.143. The molecule has 1 heterocycles. The van der Waals surface area contributed by atoms with Gasteiger partial charge in [0.25, 0.3) is 5.91 Å². The maximum atomic E-state index is 13.2. The first-order chi connectivity index (χ1) is 8.95. The number of hydrogen-bond donors (Lipinski definition) is 2. The number of carbonyl (C=O) groups excluding carboxylic acids is 1. The van der Waals surface area contributed by atoms with E-state index in [2.05, 4.69) is 10.3 Å². The van der Waals surface area contributed by atoms with Crippen molar-refractivity contribution in [1.82, 2.24) is 4.98 Å². The minimum absolute atomic E-state index is 0.359. The number of halogens is 1. The number of carbonyl (C=O) groups is 1. The summed E-state index contributed by atoms with van der Waals surface area (Å²) < 4.78 is 13.2. The molecular formula is C14H14FN3O. The number of rotatable bonds is 2.